The Bertz CT molecular complexity index is 857. The van der Waals surface area contributed by atoms with Gasteiger partial charge in [-0.3, -0.25) is 4.40 Å². The number of benzene rings is 1. The quantitative estimate of drug-likeness (QED) is 0.657. The number of fused-ring (bicyclic) bond motifs is 1. The zero-order chi connectivity index (χ0) is 17.8. The van der Waals surface area contributed by atoms with E-state index in [1.54, 1.807) is 0 Å². The van der Waals surface area contributed by atoms with Gasteiger partial charge in [0.25, 0.3) is 0 Å². The first-order valence-electron chi connectivity index (χ1n) is 8.96. The van der Waals surface area contributed by atoms with Crippen LogP contribution in [0.25, 0.3) is 16.9 Å². The summed E-state index contributed by atoms with van der Waals surface area (Å²) in [5, 5.41) is 4.10. The van der Waals surface area contributed by atoms with Gasteiger partial charge in [-0.2, -0.15) is 0 Å². The van der Waals surface area contributed by atoms with Crippen LogP contribution in [0.1, 0.15) is 12.8 Å². The Kier molecular flexibility index (Phi) is 5.39. The fourth-order valence-corrected chi connectivity index (χ4v) is 3.35. The third-order valence-corrected chi connectivity index (χ3v) is 4.83. The second-order valence-electron chi connectivity index (χ2n) is 6.41. The van der Waals surface area contributed by atoms with Crippen LogP contribution < -0.4 is 5.32 Å². The lowest BCUT2D eigenvalue weighted by atomic mass is 10.1. The molecule has 6 heteroatoms. The summed E-state index contributed by atoms with van der Waals surface area (Å²) in [6.07, 6.45) is 6.10. The molecule has 0 saturated carbocycles. The Hall–Kier alpha value is -2.08. The minimum Gasteiger partial charge on any atom is -0.383 e. The number of hydrogen-bond acceptors (Lipinski definition) is 4. The van der Waals surface area contributed by atoms with Gasteiger partial charge in [-0.25, -0.2) is 4.98 Å². The number of nitrogens with zero attached hydrogens (tertiary/aromatic N) is 2. The zero-order valence-electron chi connectivity index (χ0n) is 14.5. The van der Waals surface area contributed by atoms with Crippen LogP contribution in [-0.4, -0.2) is 41.9 Å². The van der Waals surface area contributed by atoms with Crippen LogP contribution in [0.2, 0.25) is 5.02 Å². The molecule has 0 bridgehead atoms. The van der Waals surface area contributed by atoms with Crippen molar-refractivity contribution in [2.75, 3.05) is 31.7 Å². The fourth-order valence-electron chi connectivity index (χ4n) is 3.19. The Labute approximate surface area is 157 Å². The summed E-state index contributed by atoms with van der Waals surface area (Å²) >= 11 is 6.11. The van der Waals surface area contributed by atoms with E-state index in [-0.39, 0.29) is 0 Å². The van der Waals surface area contributed by atoms with Crippen LogP contribution >= 0.6 is 11.6 Å². The predicted octanol–water partition coefficient (Wildman–Crippen LogP) is 4.26. The molecule has 2 aromatic heterocycles. The maximum Gasteiger partial charge on any atom is 0.137 e. The number of halogens is 1. The van der Waals surface area contributed by atoms with Gasteiger partial charge in [-0.1, -0.05) is 23.7 Å². The fraction of sp³-hybridized carbons (Fsp3) is 0.350. The Balaban J connectivity index is 1.35. The zero-order valence-corrected chi connectivity index (χ0v) is 15.3. The lowest BCUT2D eigenvalue weighted by Crippen LogP contribution is -2.25. The first-order chi connectivity index (χ1) is 12.8. The predicted molar refractivity (Wildman–Crippen MR) is 104 cm³/mol. The second-order valence-corrected chi connectivity index (χ2v) is 6.84. The van der Waals surface area contributed by atoms with Gasteiger partial charge >= 0.3 is 0 Å². The number of anilines is 1. The second kappa shape index (κ2) is 8.08. The summed E-state index contributed by atoms with van der Waals surface area (Å²) in [6.45, 7) is 3.13. The van der Waals surface area contributed by atoms with Gasteiger partial charge in [-0.15, -0.1) is 0 Å². The van der Waals surface area contributed by atoms with Crippen molar-refractivity contribution in [2.45, 2.75) is 18.9 Å². The number of aromatic nitrogens is 2. The van der Waals surface area contributed by atoms with E-state index < -0.39 is 0 Å². The number of hydrogen-bond donors (Lipinski definition) is 1. The molecule has 1 aliphatic rings. The maximum atomic E-state index is 6.11. The highest BCUT2D eigenvalue weighted by Crippen LogP contribution is 2.24. The average molecular weight is 372 g/mol. The standard InChI is InChI=1S/C20H22ClN3O2/c21-16-3-6-20-23-13-19(24(20)14-16)15-1-4-17(5-2-15)22-9-12-26-18-7-10-25-11-8-18/h1-6,13-14,18,22H,7-12H2. The third-order valence-electron chi connectivity index (χ3n) is 4.60. The van der Waals surface area contributed by atoms with Gasteiger partial charge in [-0.05, 0) is 37.1 Å². The molecule has 0 radical (unpaired) electrons. The monoisotopic (exact) mass is 371 g/mol. The minimum absolute atomic E-state index is 0.342. The van der Waals surface area contributed by atoms with Crippen molar-refractivity contribution in [3.8, 4) is 11.3 Å². The van der Waals surface area contributed by atoms with E-state index in [1.165, 1.54) is 0 Å². The van der Waals surface area contributed by atoms with Gasteiger partial charge in [0.1, 0.15) is 5.65 Å². The number of pyridine rings is 1. The molecular formula is C20H22ClN3O2. The van der Waals surface area contributed by atoms with Crippen molar-refractivity contribution in [3.63, 3.8) is 0 Å². The molecule has 3 aromatic rings. The van der Waals surface area contributed by atoms with Crippen LogP contribution in [0.15, 0.2) is 48.8 Å². The van der Waals surface area contributed by atoms with Crippen LogP contribution in [0.4, 0.5) is 5.69 Å². The Morgan fingerprint density at radius 3 is 2.77 bits per heavy atom. The van der Waals surface area contributed by atoms with Crippen LogP contribution in [0.3, 0.4) is 0 Å². The van der Waals surface area contributed by atoms with E-state index in [4.69, 9.17) is 21.1 Å². The summed E-state index contributed by atoms with van der Waals surface area (Å²) in [7, 11) is 0. The van der Waals surface area contributed by atoms with Crippen LogP contribution in [0, 0.1) is 0 Å². The smallest absolute Gasteiger partial charge is 0.137 e. The van der Waals surface area contributed by atoms with Crippen molar-refractivity contribution >= 4 is 22.9 Å². The SMILES string of the molecule is Clc1ccc2ncc(-c3ccc(NCCOC4CCOCC4)cc3)n2c1. The highest BCUT2D eigenvalue weighted by molar-refractivity contribution is 6.30. The van der Waals surface area contributed by atoms with Crippen molar-refractivity contribution in [1.82, 2.24) is 9.38 Å². The third kappa shape index (κ3) is 4.01. The molecule has 4 rings (SSSR count). The van der Waals surface area contributed by atoms with Gasteiger partial charge in [0.2, 0.25) is 0 Å². The molecule has 1 aliphatic heterocycles. The van der Waals surface area contributed by atoms with E-state index in [9.17, 15) is 0 Å². The van der Waals surface area contributed by atoms with E-state index >= 15 is 0 Å². The minimum atomic E-state index is 0.342. The van der Waals surface area contributed by atoms with E-state index in [1.807, 2.05) is 28.9 Å². The molecule has 136 valence electrons. The lowest BCUT2D eigenvalue weighted by Gasteiger charge is -2.22. The molecule has 0 aliphatic carbocycles. The van der Waals surface area contributed by atoms with Gasteiger partial charge in [0.15, 0.2) is 0 Å². The van der Waals surface area contributed by atoms with Gasteiger partial charge in [0, 0.05) is 37.2 Å². The van der Waals surface area contributed by atoms with Crippen LogP contribution in [-0.2, 0) is 9.47 Å². The summed E-state index contributed by atoms with van der Waals surface area (Å²) < 4.78 is 13.2. The molecule has 0 spiro atoms. The van der Waals surface area contributed by atoms with E-state index in [2.05, 4.69) is 34.6 Å². The lowest BCUT2D eigenvalue weighted by molar-refractivity contribution is -0.0283. The molecule has 0 amide bonds. The Morgan fingerprint density at radius 1 is 1.15 bits per heavy atom. The molecule has 5 nitrogen and oxygen atoms in total. The van der Waals surface area contributed by atoms with Gasteiger partial charge < -0.3 is 14.8 Å². The normalized spacial score (nSPS) is 15.4. The first kappa shape index (κ1) is 17.3. The molecule has 1 fully saturated rings. The largest absolute Gasteiger partial charge is 0.383 e. The number of ether oxygens (including phenoxy) is 2. The topological polar surface area (TPSA) is 47.8 Å². The van der Waals surface area contributed by atoms with Crippen molar-refractivity contribution < 1.29 is 9.47 Å². The summed E-state index contributed by atoms with van der Waals surface area (Å²) in [6, 6.07) is 12.1. The summed E-state index contributed by atoms with van der Waals surface area (Å²) in [5.41, 5.74) is 4.09. The molecule has 1 aromatic carbocycles. The average Bonchev–Trinajstić information content (AvgIpc) is 3.09. The highest BCUT2D eigenvalue weighted by Gasteiger charge is 2.13. The summed E-state index contributed by atoms with van der Waals surface area (Å²) in [5.74, 6) is 0. The number of nitrogens with one attached hydrogen (secondary N) is 1. The first-order valence-corrected chi connectivity index (χ1v) is 9.34. The summed E-state index contributed by atoms with van der Waals surface area (Å²) in [4.78, 5) is 4.43. The maximum absolute atomic E-state index is 6.11. The molecule has 1 saturated heterocycles. The molecule has 26 heavy (non-hydrogen) atoms. The van der Waals surface area contributed by atoms with Crippen molar-refractivity contribution in [2.24, 2.45) is 0 Å². The van der Waals surface area contributed by atoms with E-state index in [0.717, 1.165) is 55.2 Å². The molecular weight excluding hydrogens is 350 g/mol. The van der Waals surface area contributed by atoms with Gasteiger partial charge in [0.05, 0.1) is 29.6 Å². The van der Waals surface area contributed by atoms with Crippen molar-refractivity contribution in [3.05, 3.63) is 53.8 Å². The molecule has 0 atom stereocenters. The highest BCUT2D eigenvalue weighted by atomic mass is 35.5. The molecule has 1 N–H and O–H groups in total. The molecule has 3 heterocycles. The molecule has 0 unspecified atom stereocenters. The van der Waals surface area contributed by atoms with Crippen molar-refractivity contribution in [1.29, 1.82) is 0 Å². The number of rotatable bonds is 6. The van der Waals surface area contributed by atoms with E-state index in [0.29, 0.717) is 17.7 Å². The van der Waals surface area contributed by atoms with Crippen LogP contribution in [0.5, 0.6) is 0 Å². The number of imidazole rings is 1. The Morgan fingerprint density at radius 2 is 1.96 bits per heavy atom.